The summed E-state index contributed by atoms with van der Waals surface area (Å²) in [5.41, 5.74) is 7.63. The minimum atomic E-state index is -0.385. The molecule has 1 amide bonds. The molecule has 3 aliphatic rings. The van der Waals surface area contributed by atoms with E-state index in [0.717, 1.165) is 16.7 Å². The maximum absolute atomic E-state index is 12.8. The second kappa shape index (κ2) is 8.26. The summed E-state index contributed by atoms with van der Waals surface area (Å²) in [5, 5.41) is 10.5. The first-order chi connectivity index (χ1) is 14.7. The van der Waals surface area contributed by atoms with Gasteiger partial charge in [-0.15, -0.1) is 5.10 Å². The predicted molar refractivity (Wildman–Crippen MR) is 123 cm³/mol. The van der Waals surface area contributed by atoms with Gasteiger partial charge in [-0.25, -0.2) is 4.68 Å². The molecular formula is C22H29BrN6O2. The molecule has 9 heteroatoms. The number of amides is 1. The fourth-order valence-electron chi connectivity index (χ4n) is 5.22. The molecular weight excluding hydrogens is 460 g/mol. The maximum Gasteiger partial charge on any atom is 0.283 e. The number of aromatic nitrogens is 3. The van der Waals surface area contributed by atoms with Crippen LogP contribution in [0.3, 0.4) is 0 Å². The number of rotatable bonds is 6. The van der Waals surface area contributed by atoms with Gasteiger partial charge in [0.2, 0.25) is 5.91 Å². The number of carbonyl (C=O) groups is 1. The van der Waals surface area contributed by atoms with Gasteiger partial charge in [0.05, 0.1) is 5.69 Å². The van der Waals surface area contributed by atoms with Crippen LogP contribution in [0.25, 0.3) is 0 Å². The molecule has 0 radical (unpaired) electrons. The van der Waals surface area contributed by atoms with Gasteiger partial charge >= 0.3 is 0 Å². The van der Waals surface area contributed by atoms with Crippen molar-refractivity contribution in [3.63, 3.8) is 0 Å². The van der Waals surface area contributed by atoms with Crippen LogP contribution < -0.4 is 21.9 Å². The van der Waals surface area contributed by atoms with Crippen LogP contribution in [-0.2, 0) is 17.9 Å². The van der Waals surface area contributed by atoms with Crippen LogP contribution in [0.15, 0.2) is 33.8 Å². The molecule has 3 aliphatic carbocycles. The summed E-state index contributed by atoms with van der Waals surface area (Å²) in [6, 6.07) is 3.88. The summed E-state index contributed by atoms with van der Waals surface area (Å²) in [6.07, 6.45) is 5.65. The Morgan fingerprint density at radius 2 is 2.03 bits per heavy atom. The van der Waals surface area contributed by atoms with E-state index >= 15 is 0 Å². The van der Waals surface area contributed by atoms with E-state index in [1.807, 2.05) is 12.1 Å². The molecule has 2 bridgehead atoms. The van der Waals surface area contributed by atoms with Gasteiger partial charge in [-0.1, -0.05) is 20.8 Å². The van der Waals surface area contributed by atoms with Crippen molar-refractivity contribution in [1.29, 1.82) is 0 Å². The van der Waals surface area contributed by atoms with Gasteiger partial charge in [0.25, 0.3) is 5.56 Å². The molecule has 3 fully saturated rings. The molecule has 31 heavy (non-hydrogen) atoms. The number of nitrogen functional groups attached to an aromatic ring is 1. The third kappa shape index (κ3) is 4.07. The van der Waals surface area contributed by atoms with Crippen molar-refractivity contribution in [2.24, 2.45) is 23.2 Å². The summed E-state index contributed by atoms with van der Waals surface area (Å²) >= 11 is 3.39. The van der Waals surface area contributed by atoms with Crippen LogP contribution in [0.5, 0.6) is 0 Å². The predicted octanol–water partition coefficient (Wildman–Crippen LogP) is 2.78. The van der Waals surface area contributed by atoms with Gasteiger partial charge in [-0.2, -0.15) is 0 Å². The Kier molecular flexibility index (Phi) is 5.81. The molecule has 0 spiro atoms. The van der Waals surface area contributed by atoms with Gasteiger partial charge < -0.3 is 16.4 Å². The summed E-state index contributed by atoms with van der Waals surface area (Å²) in [4.78, 5) is 29.1. The van der Waals surface area contributed by atoms with Gasteiger partial charge in [0.15, 0.2) is 5.82 Å². The minimum absolute atomic E-state index is 0.203. The largest absolute Gasteiger partial charge is 0.381 e. The third-order valence-corrected chi connectivity index (χ3v) is 8.08. The Morgan fingerprint density at radius 1 is 1.32 bits per heavy atom. The Hall–Kier alpha value is -2.42. The van der Waals surface area contributed by atoms with Crippen molar-refractivity contribution in [3.8, 4) is 0 Å². The number of anilines is 2. The highest BCUT2D eigenvalue weighted by Gasteiger charge is 2.56. The van der Waals surface area contributed by atoms with Crippen LogP contribution in [-0.4, -0.2) is 26.7 Å². The van der Waals surface area contributed by atoms with Crippen LogP contribution in [0.1, 0.15) is 39.2 Å². The molecule has 166 valence electrons. The lowest BCUT2D eigenvalue weighted by Crippen LogP contribution is -2.58. The van der Waals surface area contributed by atoms with E-state index in [0.29, 0.717) is 39.9 Å². The first-order valence-corrected chi connectivity index (χ1v) is 11.5. The van der Waals surface area contributed by atoms with E-state index in [1.165, 1.54) is 6.42 Å². The van der Waals surface area contributed by atoms with Crippen LogP contribution in [0.4, 0.5) is 11.5 Å². The number of hydrogen-bond donors (Lipinski definition) is 3. The number of fused-ring (bicyclic) bond motifs is 2. The van der Waals surface area contributed by atoms with Crippen LogP contribution in [0, 0.1) is 23.2 Å². The molecule has 0 aliphatic heterocycles. The maximum atomic E-state index is 12.8. The highest BCUT2D eigenvalue weighted by molar-refractivity contribution is 9.10. The molecule has 8 nitrogen and oxygen atoms in total. The van der Waals surface area contributed by atoms with Gasteiger partial charge in [-0.3, -0.25) is 14.6 Å². The molecule has 4 N–H and O–H groups in total. The first kappa shape index (κ1) is 21.8. The second-order valence-electron chi connectivity index (χ2n) is 9.38. The van der Waals surface area contributed by atoms with E-state index in [4.69, 9.17) is 5.73 Å². The van der Waals surface area contributed by atoms with Gasteiger partial charge in [-0.05, 0) is 69.6 Å². The summed E-state index contributed by atoms with van der Waals surface area (Å²) in [6.45, 7) is 7.12. The van der Waals surface area contributed by atoms with Crippen molar-refractivity contribution in [3.05, 3.63) is 44.9 Å². The fourth-order valence-corrected chi connectivity index (χ4v) is 5.74. The molecule has 0 aromatic carbocycles. The standard InChI is InChI=1S/C22H29BrN6O2/c1-12-15-8-14(22(15,2)3)9-16(12)27-19-18(23)21(31)29(28-20(19)24)11-17(30)26-10-13-4-6-25-7-5-13/h4-7,12,14-16,27H,8-11H2,1-3H3,(H2,24,28)(H,26,30)/t12-,14-,15+,16-/m1/s1. The lowest BCUT2D eigenvalue weighted by Gasteiger charge is -2.62. The molecule has 4 atom stereocenters. The van der Waals surface area contributed by atoms with Crippen LogP contribution in [0.2, 0.25) is 0 Å². The van der Waals surface area contributed by atoms with Crippen molar-refractivity contribution in [2.75, 3.05) is 11.1 Å². The topological polar surface area (TPSA) is 115 Å². The van der Waals surface area contributed by atoms with Crippen molar-refractivity contribution in [1.82, 2.24) is 20.1 Å². The average molecular weight is 489 g/mol. The zero-order valence-corrected chi connectivity index (χ0v) is 19.6. The number of nitrogens with one attached hydrogen (secondary N) is 2. The number of nitrogens with zero attached hydrogens (tertiary/aromatic N) is 3. The number of halogens is 1. The molecule has 0 saturated heterocycles. The van der Waals surface area contributed by atoms with E-state index in [9.17, 15) is 9.59 Å². The smallest absolute Gasteiger partial charge is 0.283 e. The van der Waals surface area contributed by atoms with Gasteiger partial charge in [0.1, 0.15) is 11.0 Å². The Labute approximate surface area is 190 Å². The quantitative estimate of drug-likeness (QED) is 0.575. The lowest BCUT2D eigenvalue weighted by molar-refractivity contribution is -0.122. The average Bonchev–Trinajstić information content (AvgIpc) is 2.74. The van der Waals surface area contributed by atoms with E-state index < -0.39 is 0 Å². The number of carbonyl (C=O) groups excluding carboxylic acids is 1. The summed E-state index contributed by atoms with van der Waals surface area (Å²) in [7, 11) is 0. The first-order valence-electron chi connectivity index (χ1n) is 10.7. The molecule has 3 saturated carbocycles. The normalized spacial score (nSPS) is 26.1. The Morgan fingerprint density at radius 3 is 2.68 bits per heavy atom. The summed E-state index contributed by atoms with van der Waals surface area (Å²) in [5.74, 6) is 1.72. The molecule has 2 aromatic rings. The highest BCUT2D eigenvalue weighted by atomic mass is 79.9. The van der Waals surface area contributed by atoms with E-state index in [2.05, 4.69) is 57.4 Å². The number of pyridine rings is 1. The highest BCUT2D eigenvalue weighted by Crippen LogP contribution is 2.61. The minimum Gasteiger partial charge on any atom is -0.381 e. The Balaban J connectivity index is 1.44. The molecule has 2 heterocycles. The zero-order chi connectivity index (χ0) is 22.3. The van der Waals surface area contributed by atoms with Crippen LogP contribution >= 0.6 is 15.9 Å². The van der Waals surface area contributed by atoms with Crippen molar-refractivity contribution >= 4 is 33.3 Å². The third-order valence-electron chi connectivity index (χ3n) is 7.34. The van der Waals surface area contributed by atoms with E-state index in [-0.39, 0.29) is 29.9 Å². The van der Waals surface area contributed by atoms with Gasteiger partial charge in [0, 0.05) is 25.0 Å². The monoisotopic (exact) mass is 488 g/mol. The number of nitrogens with two attached hydrogens (primary N) is 1. The number of hydrogen-bond acceptors (Lipinski definition) is 6. The van der Waals surface area contributed by atoms with Crippen molar-refractivity contribution in [2.45, 2.75) is 52.7 Å². The fraction of sp³-hybridized carbons (Fsp3) is 0.545. The van der Waals surface area contributed by atoms with Crippen molar-refractivity contribution < 1.29 is 4.79 Å². The Bertz CT molecular complexity index is 1040. The zero-order valence-electron chi connectivity index (χ0n) is 18.1. The summed E-state index contributed by atoms with van der Waals surface area (Å²) < 4.78 is 1.41. The van der Waals surface area contributed by atoms with E-state index in [1.54, 1.807) is 12.4 Å². The molecule has 2 aromatic heterocycles. The lowest BCUT2D eigenvalue weighted by atomic mass is 9.45. The molecule has 0 unspecified atom stereocenters. The SMILES string of the molecule is C[C@H]1[C@H](Nc2c(N)nn(CC(=O)NCc3ccncc3)c(=O)c2Br)C[C@H]2C[C@@H]1C2(C)C. The molecule has 5 rings (SSSR count). The second-order valence-corrected chi connectivity index (χ2v) is 10.2.